The highest BCUT2D eigenvalue weighted by Crippen LogP contribution is 2.36. The van der Waals surface area contributed by atoms with Crippen LogP contribution in [0.2, 0.25) is 0 Å². The number of phenolic OH excluding ortho intramolecular Hbond substituents is 1. The first-order chi connectivity index (χ1) is 7.51. The quantitative estimate of drug-likeness (QED) is 0.726. The van der Waals surface area contributed by atoms with Gasteiger partial charge >= 0.3 is 0 Å². The first-order valence-electron chi connectivity index (χ1n) is 5.28. The minimum atomic E-state index is -0.542. The van der Waals surface area contributed by atoms with Gasteiger partial charge in [0.15, 0.2) is 11.5 Å². The number of hydrogen-bond donors (Lipinski definition) is 3. The van der Waals surface area contributed by atoms with Gasteiger partial charge in [-0.2, -0.15) is 0 Å². The van der Waals surface area contributed by atoms with Crippen molar-refractivity contribution < 1.29 is 14.9 Å². The van der Waals surface area contributed by atoms with Crippen molar-refractivity contribution in [3.63, 3.8) is 0 Å². The molecule has 90 valence electrons. The molecule has 0 aromatic heterocycles. The molecule has 4 heteroatoms. The molecule has 0 radical (unpaired) electrons. The molecule has 16 heavy (non-hydrogen) atoms. The van der Waals surface area contributed by atoms with Gasteiger partial charge in [-0.15, -0.1) is 0 Å². The Morgan fingerprint density at radius 3 is 2.44 bits per heavy atom. The number of benzene rings is 1. The van der Waals surface area contributed by atoms with Gasteiger partial charge < -0.3 is 20.7 Å². The molecule has 1 aromatic carbocycles. The Hall–Kier alpha value is -1.26. The number of rotatable bonds is 4. The van der Waals surface area contributed by atoms with Crippen LogP contribution in [0.1, 0.15) is 36.9 Å². The van der Waals surface area contributed by atoms with Gasteiger partial charge in [-0.25, -0.2) is 0 Å². The molecule has 0 aliphatic rings. The fourth-order valence-electron chi connectivity index (χ4n) is 1.59. The molecule has 1 unspecified atom stereocenters. The second kappa shape index (κ2) is 5.18. The summed E-state index contributed by atoms with van der Waals surface area (Å²) in [6.45, 7) is 3.86. The summed E-state index contributed by atoms with van der Waals surface area (Å²) >= 11 is 0. The van der Waals surface area contributed by atoms with E-state index < -0.39 is 6.04 Å². The van der Waals surface area contributed by atoms with Crippen LogP contribution in [-0.4, -0.2) is 23.9 Å². The van der Waals surface area contributed by atoms with E-state index in [1.165, 1.54) is 7.11 Å². The zero-order valence-electron chi connectivity index (χ0n) is 9.90. The van der Waals surface area contributed by atoms with Crippen LogP contribution in [0.15, 0.2) is 12.1 Å². The smallest absolute Gasteiger partial charge is 0.165 e. The zero-order chi connectivity index (χ0) is 12.3. The van der Waals surface area contributed by atoms with Crippen molar-refractivity contribution in [3.8, 4) is 11.5 Å². The molecular formula is C12H19NO3. The summed E-state index contributed by atoms with van der Waals surface area (Å²) in [6, 6.07) is 2.99. The van der Waals surface area contributed by atoms with Gasteiger partial charge in [0.05, 0.1) is 19.8 Å². The van der Waals surface area contributed by atoms with E-state index in [0.717, 1.165) is 5.56 Å². The average Bonchev–Trinajstić information content (AvgIpc) is 2.26. The summed E-state index contributed by atoms with van der Waals surface area (Å²) in [5.74, 6) is 0.681. The minimum absolute atomic E-state index is 0.0626. The molecule has 1 rings (SSSR count). The highest BCUT2D eigenvalue weighted by Gasteiger charge is 2.17. The molecule has 0 aliphatic heterocycles. The molecule has 4 nitrogen and oxygen atoms in total. The molecule has 0 saturated carbocycles. The molecule has 1 atom stereocenters. The zero-order valence-corrected chi connectivity index (χ0v) is 9.90. The number of ether oxygens (including phenoxy) is 1. The number of methoxy groups -OCH3 is 1. The number of hydrogen-bond acceptors (Lipinski definition) is 4. The lowest BCUT2D eigenvalue weighted by Gasteiger charge is -2.17. The number of aliphatic hydroxyl groups is 1. The van der Waals surface area contributed by atoms with Gasteiger partial charge in [0.1, 0.15) is 0 Å². The van der Waals surface area contributed by atoms with Crippen LogP contribution in [-0.2, 0) is 0 Å². The summed E-state index contributed by atoms with van der Waals surface area (Å²) in [4.78, 5) is 0. The van der Waals surface area contributed by atoms with E-state index in [2.05, 4.69) is 0 Å². The molecule has 0 bridgehead atoms. The Morgan fingerprint density at radius 1 is 1.38 bits per heavy atom. The summed E-state index contributed by atoms with van der Waals surface area (Å²) in [5, 5.41) is 18.9. The van der Waals surface area contributed by atoms with E-state index in [1.54, 1.807) is 6.07 Å². The molecule has 0 saturated heterocycles. The summed E-state index contributed by atoms with van der Waals surface area (Å²) in [6.07, 6.45) is 0. The third kappa shape index (κ3) is 2.46. The van der Waals surface area contributed by atoms with E-state index in [4.69, 9.17) is 15.6 Å². The van der Waals surface area contributed by atoms with Crippen LogP contribution >= 0.6 is 0 Å². The predicted octanol–water partition coefficient (Wildman–Crippen LogP) is 1.52. The molecule has 0 aliphatic carbocycles. The van der Waals surface area contributed by atoms with Crippen molar-refractivity contribution in [2.24, 2.45) is 5.73 Å². The fourth-order valence-corrected chi connectivity index (χ4v) is 1.59. The number of nitrogens with two attached hydrogens (primary N) is 1. The van der Waals surface area contributed by atoms with E-state index in [0.29, 0.717) is 11.3 Å². The Bertz CT molecular complexity index is 364. The standard InChI is InChI=1S/C12H19NO3/c1-7(2)8-4-9(10(13)6-14)12(16-3)11(15)5-8/h4-5,7,10,14-15H,6,13H2,1-3H3. The molecular weight excluding hydrogens is 206 g/mol. The maximum absolute atomic E-state index is 9.80. The molecule has 0 heterocycles. The number of aliphatic hydroxyl groups excluding tert-OH is 1. The fraction of sp³-hybridized carbons (Fsp3) is 0.500. The van der Waals surface area contributed by atoms with Gasteiger partial charge in [0.2, 0.25) is 0 Å². The molecule has 4 N–H and O–H groups in total. The normalized spacial score (nSPS) is 12.9. The minimum Gasteiger partial charge on any atom is -0.504 e. The van der Waals surface area contributed by atoms with Gasteiger partial charge in [-0.3, -0.25) is 0 Å². The summed E-state index contributed by atoms with van der Waals surface area (Å²) in [7, 11) is 1.47. The Balaban J connectivity index is 3.30. The molecule has 1 aromatic rings. The lowest BCUT2D eigenvalue weighted by atomic mass is 9.96. The lowest BCUT2D eigenvalue weighted by molar-refractivity contribution is 0.263. The predicted molar refractivity (Wildman–Crippen MR) is 62.8 cm³/mol. The monoisotopic (exact) mass is 225 g/mol. The van der Waals surface area contributed by atoms with Crippen LogP contribution in [0, 0.1) is 0 Å². The second-order valence-electron chi connectivity index (χ2n) is 4.11. The van der Waals surface area contributed by atoms with Gasteiger partial charge in [0, 0.05) is 5.56 Å². The van der Waals surface area contributed by atoms with Crippen LogP contribution in [0.3, 0.4) is 0 Å². The highest BCUT2D eigenvalue weighted by molar-refractivity contribution is 5.50. The first kappa shape index (κ1) is 12.8. The number of phenols is 1. The second-order valence-corrected chi connectivity index (χ2v) is 4.11. The average molecular weight is 225 g/mol. The van der Waals surface area contributed by atoms with Crippen molar-refractivity contribution >= 4 is 0 Å². The maximum atomic E-state index is 9.80. The topological polar surface area (TPSA) is 75.7 Å². The highest BCUT2D eigenvalue weighted by atomic mass is 16.5. The molecule has 0 amide bonds. The van der Waals surface area contributed by atoms with E-state index in [9.17, 15) is 5.11 Å². The largest absolute Gasteiger partial charge is 0.504 e. The summed E-state index contributed by atoms with van der Waals surface area (Å²) in [5.41, 5.74) is 7.37. The van der Waals surface area contributed by atoms with Crippen molar-refractivity contribution in [2.45, 2.75) is 25.8 Å². The van der Waals surface area contributed by atoms with Crippen LogP contribution in [0.25, 0.3) is 0 Å². The van der Waals surface area contributed by atoms with Gasteiger partial charge in [-0.1, -0.05) is 13.8 Å². The maximum Gasteiger partial charge on any atom is 0.165 e. The molecule has 0 spiro atoms. The third-order valence-electron chi connectivity index (χ3n) is 2.59. The van der Waals surface area contributed by atoms with E-state index >= 15 is 0 Å². The Kier molecular flexibility index (Phi) is 4.15. The van der Waals surface area contributed by atoms with Gasteiger partial charge in [0.25, 0.3) is 0 Å². The summed E-state index contributed by atoms with van der Waals surface area (Å²) < 4.78 is 5.09. The van der Waals surface area contributed by atoms with Crippen LogP contribution in [0.4, 0.5) is 0 Å². The third-order valence-corrected chi connectivity index (χ3v) is 2.59. The number of aromatic hydroxyl groups is 1. The SMILES string of the molecule is COc1c(O)cc(C(C)C)cc1C(N)CO. The Morgan fingerprint density at radius 2 is 2.00 bits per heavy atom. The molecule has 0 fully saturated rings. The van der Waals surface area contributed by atoms with Crippen molar-refractivity contribution in [1.29, 1.82) is 0 Å². The van der Waals surface area contributed by atoms with Crippen LogP contribution in [0.5, 0.6) is 11.5 Å². The van der Waals surface area contributed by atoms with E-state index in [-0.39, 0.29) is 18.3 Å². The van der Waals surface area contributed by atoms with Crippen LogP contribution < -0.4 is 10.5 Å². The van der Waals surface area contributed by atoms with Crippen molar-refractivity contribution in [3.05, 3.63) is 23.3 Å². The van der Waals surface area contributed by atoms with Crippen molar-refractivity contribution in [1.82, 2.24) is 0 Å². The van der Waals surface area contributed by atoms with E-state index in [1.807, 2.05) is 19.9 Å². The first-order valence-corrected chi connectivity index (χ1v) is 5.28. The van der Waals surface area contributed by atoms with Crippen molar-refractivity contribution in [2.75, 3.05) is 13.7 Å². The Labute approximate surface area is 95.7 Å². The lowest BCUT2D eigenvalue weighted by Crippen LogP contribution is -2.16. The van der Waals surface area contributed by atoms with Gasteiger partial charge in [-0.05, 0) is 23.6 Å².